The summed E-state index contributed by atoms with van der Waals surface area (Å²) in [5.74, 6) is -3.28. The highest BCUT2D eigenvalue weighted by Crippen LogP contribution is 2.30. The zero-order valence-electron chi connectivity index (χ0n) is 12.0. The number of nitrogens with zero attached hydrogens (tertiary/aromatic N) is 1. The minimum Gasteiger partial charge on any atom is -0.326 e. The van der Waals surface area contributed by atoms with Crippen molar-refractivity contribution in [3.8, 4) is 0 Å². The van der Waals surface area contributed by atoms with E-state index in [0.29, 0.717) is 25.7 Å². The number of hydrogen-bond acceptors (Lipinski definition) is 2. The molecule has 1 saturated heterocycles. The van der Waals surface area contributed by atoms with Crippen LogP contribution in [0, 0.1) is 17.5 Å². The Bertz CT molecular complexity index is 660. The van der Waals surface area contributed by atoms with Gasteiger partial charge in [0.1, 0.15) is 5.82 Å². The van der Waals surface area contributed by atoms with Gasteiger partial charge in [-0.05, 0) is 17.2 Å². The largest absolute Gasteiger partial charge is 0.326 e. The molecule has 0 saturated carbocycles. The molecule has 2 N–H and O–H groups in total. The van der Waals surface area contributed by atoms with Crippen molar-refractivity contribution in [3.05, 3.63) is 71.0 Å². The molecule has 0 spiro atoms. The summed E-state index contributed by atoms with van der Waals surface area (Å²) in [7, 11) is 0. The predicted octanol–water partition coefficient (Wildman–Crippen LogP) is 3.03. The molecule has 1 aliphatic heterocycles. The van der Waals surface area contributed by atoms with Crippen molar-refractivity contribution < 1.29 is 13.2 Å². The number of halogens is 3. The van der Waals surface area contributed by atoms with Gasteiger partial charge in [-0.2, -0.15) is 0 Å². The minimum atomic E-state index is -1.17. The Labute approximate surface area is 127 Å². The van der Waals surface area contributed by atoms with Gasteiger partial charge in [0.05, 0.1) is 0 Å². The monoisotopic (exact) mass is 306 g/mol. The number of nitrogens with two attached hydrogens (primary N) is 1. The van der Waals surface area contributed by atoms with E-state index in [1.54, 1.807) is 0 Å². The molecule has 2 aromatic carbocycles. The van der Waals surface area contributed by atoms with Crippen LogP contribution in [0.4, 0.5) is 13.2 Å². The van der Waals surface area contributed by atoms with Crippen molar-refractivity contribution in [2.24, 2.45) is 5.73 Å². The summed E-state index contributed by atoms with van der Waals surface area (Å²) in [4.78, 5) is 2.10. The second-order valence-corrected chi connectivity index (χ2v) is 5.74. The topological polar surface area (TPSA) is 29.3 Å². The molecule has 1 heterocycles. The number of benzene rings is 2. The van der Waals surface area contributed by atoms with Crippen LogP contribution in [0.5, 0.6) is 0 Å². The molecule has 0 bridgehead atoms. The first-order valence-corrected chi connectivity index (χ1v) is 7.21. The van der Waals surface area contributed by atoms with Gasteiger partial charge in [-0.25, -0.2) is 13.2 Å². The number of hydrogen-bond donors (Lipinski definition) is 1. The zero-order chi connectivity index (χ0) is 15.7. The van der Waals surface area contributed by atoms with Gasteiger partial charge >= 0.3 is 0 Å². The van der Waals surface area contributed by atoms with Crippen molar-refractivity contribution in [2.45, 2.75) is 18.5 Å². The van der Waals surface area contributed by atoms with Crippen molar-refractivity contribution in [1.29, 1.82) is 0 Å². The van der Waals surface area contributed by atoms with Gasteiger partial charge in [0, 0.05) is 37.7 Å². The Morgan fingerprint density at radius 2 is 1.64 bits per heavy atom. The summed E-state index contributed by atoms with van der Waals surface area (Å²) in [6.07, 6.45) is 0. The van der Waals surface area contributed by atoms with Crippen molar-refractivity contribution in [1.82, 2.24) is 4.90 Å². The Balaban J connectivity index is 1.78. The lowest BCUT2D eigenvalue weighted by molar-refractivity contribution is 0.323. The van der Waals surface area contributed by atoms with E-state index in [4.69, 9.17) is 5.73 Å². The van der Waals surface area contributed by atoms with Crippen molar-refractivity contribution >= 4 is 0 Å². The van der Waals surface area contributed by atoms with Gasteiger partial charge in [0.15, 0.2) is 11.6 Å². The molecular formula is C17H17F3N2. The van der Waals surface area contributed by atoms with E-state index in [9.17, 15) is 13.2 Å². The fourth-order valence-electron chi connectivity index (χ4n) is 3.04. The van der Waals surface area contributed by atoms with Gasteiger partial charge in [-0.3, -0.25) is 4.90 Å². The summed E-state index contributed by atoms with van der Waals surface area (Å²) in [6, 6.07) is 11.1. The summed E-state index contributed by atoms with van der Waals surface area (Å²) >= 11 is 0. The van der Waals surface area contributed by atoms with Crippen LogP contribution in [0.25, 0.3) is 0 Å². The molecular weight excluding hydrogens is 289 g/mol. The van der Waals surface area contributed by atoms with E-state index in [1.807, 2.05) is 30.3 Å². The second-order valence-electron chi connectivity index (χ2n) is 5.74. The molecule has 1 unspecified atom stereocenters. The summed E-state index contributed by atoms with van der Waals surface area (Å²) < 4.78 is 40.4. The van der Waals surface area contributed by atoms with E-state index >= 15 is 0 Å². The lowest BCUT2D eigenvalue weighted by Gasteiger charge is -2.17. The standard InChI is InChI=1S/C17H17F3N2/c18-14-7-16(20)15(19)6-12(14)13-9-22(10-17(13)21)8-11-4-2-1-3-5-11/h1-7,13,17H,8-10,21H2/t13?,17-/m1/s1. The number of rotatable bonds is 3. The maximum atomic E-state index is 13.9. The van der Waals surface area contributed by atoms with Crippen LogP contribution in [-0.4, -0.2) is 24.0 Å². The summed E-state index contributed by atoms with van der Waals surface area (Å²) in [5.41, 5.74) is 7.38. The van der Waals surface area contributed by atoms with E-state index in [0.717, 1.165) is 11.6 Å². The van der Waals surface area contributed by atoms with E-state index < -0.39 is 17.5 Å². The SMILES string of the molecule is N[C@@H]1CN(Cc2ccccc2)CC1c1cc(F)c(F)cc1F. The molecule has 0 radical (unpaired) electrons. The molecule has 1 aliphatic rings. The average molecular weight is 306 g/mol. The van der Waals surface area contributed by atoms with Gasteiger partial charge < -0.3 is 5.73 Å². The van der Waals surface area contributed by atoms with Crippen LogP contribution in [0.3, 0.4) is 0 Å². The third kappa shape index (κ3) is 3.00. The van der Waals surface area contributed by atoms with Gasteiger partial charge in [0.25, 0.3) is 0 Å². The van der Waals surface area contributed by atoms with E-state index in [1.165, 1.54) is 0 Å². The highest BCUT2D eigenvalue weighted by molar-refractivity contribution is 5.27. The maximum Gasteiger partial charge on any atom is 0.161 e. The molecule has 5 heteroatoms. The molecule has 0 aliphatic carbocycles. The van der Waals surface area contributed by atoms with Crippen molar-refractivity contribution in [2.75, 3.05) is 13.1 Å². The second kappa shape index (κ2) is 6.10. The third-order valence-electron chi connectivity index (χ3n) is 4.13. The van der Waals surface area contributed by atoms with Crippen molar-refractivity contribution in [3.63, 3.8) is 0 Å². The van der Waals surface area contributed by atoms with Crippen LogP contribution in [0.1, 0.15) is 17.0 Å². The fraction of sp³-hybridized carbons (Fsp3) is 0.294. The Kier molecular flexibility index (Phi) is 4.18. The quantitative estimate of drug-likeness (QED) is 0.883. The van der Waals surface area contributed by atoms with Gasteiger partial charge in [-0.15, -0.1) is 0 Å². The summed E-state index contributed by atoms with van der Waals surface area (Å²) in [6.45, 7) is 1.83. The molecule has 22 heavy (non-hydrogen) atoms. The molecule has 116 valence electrons. The molecule has 1 fully saturated rings. The Morgan fingerprint density at radius 3 is 2.36 bits per heavy atom. The van der Waals surface area contributed by atoms with E-state index in [2.05, 4.69) is 4.90 Å². The maximum absolute atomic E-state index is 13.9. The molecule has 2 nitrogen and oxygen atoms in total. The lowest BCUT2D eigenvalue weighted by atomic mass is 9.94. The first-order valence-electron chi connectivity index (χ1n) is 7.21. The molecule has 0 aromatic heterocycles. The molecule has 3 rings (SSSR count). The summed E-state index contributed by atoms with van der Waals surface area (Å²) in [5, 5.41) is 0. The van der Waals surface area contributed by atoms with Crippen LogP contribution < -0.4 is 5.73 Å². The van der Waals surface area contributed by atoms with Crippen LogP contribution in [0.15, 0.2) is 42.5 Å². The smallest absolute Gasteiger partial charge is 0.161 e. The third-order valence-corrected chi connectivity index (χ3v) is 4.13. The Hall–Kier alpha value is -1.85. The lowest BCUT2D eigenvalue weighted by Crippen LogP contribution is -2.29. The van der Waals surface area contributed by atoms with Crippen LogP contribution in [0.2, 0.25) is 0 Å². The molecule has 0 amide bonds. The Morgan fingerprint density at radius 1 is 0.955 bits per heavy atom. The first kappa shape index (κ1) is 15.1. The predicted molar refractivity (Wildman–Crippen MR) is 78.8 cm³/mol. The number of likely N-dealkylation sites (tertiary alicyclic amines) is 1. The molecule has 2 atom stereocenters. The fourth-order valence-corrected chi connectivity index (χ4v) is 3.04. The first-order chi connectivity index (χ1) is 10.5. The van der Waals surface area contributed by atoms with Crippen LogP contribution >= 0.6 is 0 Å². The van der Waals surface area contributed by atoms with E-state index in [-0.39, 0.29) is 17.5 Å². The highest BCUT2D eigenvalue weighted by atomic mass is 19.2. The average Bonchev–Trinajstić information content (AvgIpc) is 2.84. The molecule has 2 aromatic rings. The van der Waals surface area contributed by atoms with Gasteiger partial charge in [0.2, 0.25) is 0 Å². The zero-order valence-corrected chi connectivity index (χ0v) is 12.0. The minimum absolute atomic E-state index is 0.155. The highest BCUT2D eigenvalue weighted by Gasteiger charge is 2.33. The van der Waals surface area contributed by atoms with Gasteiger partial charge in [-0.1, -0.05) is 30.3 Å². The normalized spacial score (nSPS) is 22.2. The van der Waals surface area contributed by atoms with Crippen LogP contribution in [-0.2, 0) is 6.54 Å².